The van der Waals surface area contributed by atoms with E-state index in [1.807, 2.05) is 18.2 Å². The maximum atomic E-state index is 11.1. The van der Waals surface area contributed by atoms with Gasteiger partial charge in [-0.1, -0.05) is 6.07 Å². The average Bonchev–Trinajstić information content (AvgIpc) is 2.72. The lowest BCUT2D eigenvalue weighted by Crippen LogP contribution is -2.06. The highest BCUT2D eigenvalue weighted by molar-refractivity contribution is 5.76. The lowest BCUT2D eigenvalue weighted by Gasteiger charge is -2.14. The van der Waals surface area contributed by atoms with E-state index in [2.05, 4.69) is 0 Å². The average molecular weight is 222 g/mol. The van der Waals surface area contributed by atoms with E-state index in [1.54, 1.807) is 14.0 Å². The number of rotatable bonds is 4. The maximum absolute atomic E-state index is 11.1. The summed E-state index contributed by atoms with van der Waals surface area (Å²) in [6, 6.07) is 5.59. The Hall–Kier alpha value is -1.55. The van der Waals surface area contributed by atoms with Crippen molar-refractivity contribution in [3.63, 3.8) is 0 Å². The van der Waals surface area contributed by atoms with E-state index in [-0.39, 0.29) is 18.7 Å². The summed E-state index contributed by atoms with van der Waals surface area (Å²) in [5, 5.41) is 0. The third kappa shape index (κ3) is 2.17. The van der Waals surface area contributed by atoms with Gasteiger partial charge in [0.15, 0.2) is 11.5 Å². The van der Waals surface area contributed by atoms with Crippen LogP contribution in [0.15, 0.2) is 18.2 Å². The molecule has 4 heteroatoms. The van der Waals surface area contributed by atoms with E-state index in [0.717, 1.165) is 11.3 Å². The Balaban J connectivity index is 2.21. The van der Waals surface area contributed by atoms with Crippen LogP contribution in [0.4, 0.5) is 0 Å². The minimum Gasteiger partial charge on any atom is -0.454 e. The van der Waals surface area contributed by atoms with E-state index < -0.39 is 0 Å². The molecule has 1 heterocycles. The molecule has 0 bridgehead atoms. The molecule has 0 aliphatic carbocycles. The van der Waals surface area contributed by atoms with Crippen molar-refractivity contribution in [2.24, 2.45) is 0 Å². The van der Waals surface area contributed by atoms with Gasteiger partial charge >= 0.3 is 0 Å². The van der Waals surface area contributed by atoms with Crippen LogP contribution in [0.2, 0.25) is 0 Å². The van der Waals surface area contributed by atoms with Gasteiger partial charge in [0, 0.05) is 13.5 Å². The second kappa shape index (κ2) is 4.53. The number of methoxy groups -OCH3 is 1. The zero-order chi connectivity index (χ0) is 11.5. The standard InChI is InChI=1S/C12H14O4/c1-8(13)5-11(14-2)9-3-4-10-12(6-9)16-7-15-10/h3-4,6,11H,5,7H2,1-2H3. The van der Waals surface area contributed by atoms with Crippen molar-refractivity contribution >= 4 is 5.78 Å². The van der Waals surface area contributed by atoms with E-state index in [1.165, 1.54) is 0 Å². The molecular weight excluding hydrogens is 208 g/mol. The molecule has 2 rings (SSSR count). The fraction of sp³-hybridized carbons (Fsp3) is 0.417. The van der Waals surface area contributed by atoms with Crippen molar-refractivity contribution in [1.82, 2.24) is 0 Å². The highest BCUT2D eigenvalue weighted by atomic mass is 16.7. The fourth-order valence-corrected chi connectivity index (χ4v) is 1.71. The molecule has 0 aromatic heterocycles. The Morgan fingerprint density at radius 1 is 1.44 bits per heavy atom. The van der Waals surface area contributed by atoms with Crippen LogP contribution in [-0.4, -0.2) is 19.7 Å². The monoisotopic (exact) mass is 222 g/mol. The van der Waals surface area contributed by atoms with Crippen LogP contribution in [0.25, 0.3) is 0 Å². The van der Waals surface area contributed by atoms with Crippen molar-refractivity contribution in [2.45, 2.75) is 19.4 Å². The van der Waals surface area contributed by atoms with Crippen molar-refractivity contribution in [1.29, 1.82) is 0 Å². The summed E-state index contributed by atoms with van der Waals surface area (Å²) in [5.41, 5.74) is 0.932. The summed E-state index contributed by atoms with van der Waals surface area (Å²) in [6.45, 7) is 1.81. The lowest BCUT2D eigenvalue weighted by molar-refractivity contribution is -0.119. The van der Waals surface area contributed by atoms with Gasteiger partial charge < -0.3 is 14.2 Å². The molecule has 1 atom stereocenters. The third-order valence-electron chi connectivity index (χ3n) is 2.53. The molecule has 0 fully saturated rings. The number of ketones is 1. The Morgan fingerprint density at radius 2 is 2.19 bits per heavy atom. The second-order valence-corrected chi connectivity index (χ2v) is 3.74. The molecule has 0 saturated carbocycles. The van der Waals surface area contributed by atoms with Gasteiger partial charge in [-0.25, -0.2) is 0 Å². The quantitative estimate of drug-likeness (QED) is 0.782. The predicted octanol–water partition coefficient (Wildman–Crippen LogP) is 2.08. The Bertz CT molecular complexity index is 400. The van der Waals surface area contributed by atoms with Crippen LogP contribution < -0.4 is 9.47 Å². The summed E-state index contributed by atoms with van der Waals surface area (Å²) in [7, 11) is 1.60. The molecule has 0 saturated heterocycles. The smallest absolute Gasteiger partial charge is 0.231 e. The van der Waals surface area contributed by atoms with Gasteiger partial charge in [0.1, 0.15) is 5.78 Å². The fourth-order valence-electron chi connectivity index (χ4n) is 1.71. The Kier molecular flexibility index (Phi) is 3.10. The summed E-state index contributed by atoms with van der Waals surface area (Å²) >= 11 is 0. The van der Waals surface area contributed by atoms with E-state index in [0.29, 0.717) is 12.2 Å². The molecular formula is C12H14O4. The molecule has 1 aliphatic heterocycles. The van der Waals surface area contributed by atoms with Crippen molar-refractivity contribution in [3.05, 3.63) is 23.8 Å². The molecule has 4 nitrogen and oxygen atoms in total. The van der Waals surface area contributed by atoms with E-state index >= 15 is 0 Å². The minimum absolute atomic E-state index is 0.101. The highest BCUT2D eigenvalue weighted by Gasteiger charge is 2.18. The summed E-state index contributed by atoms with van der Waals surface area (Å²) in [5.74, 6) is 1.55. The van der Waals surface area contributed by atoms with Gasteiger partial charge in [0.05, 0.1) is 6.10 Å². The molecule has 1 aromatic rings. The zero-order valence-corrected chi connectivity index (χ0v) is 9.36. The van der Waals surface area contributed by atoms with Crippen molar-refractivity contribution in [2.75, 3.05) is 13.9 Å². The number of Topliss-reactive ketones (excluding diaryl/α,β-unsaturated/α-hetero) is 1. The van der Waals surface area contributed by atoms with Gasteiger partial charge in [0.25, 0.3) is 0 Å². The molecule has 86 valence electrons. The Labute approximate surface area is 94.1 Å². The van der Waals surface area contributed by atoms with Gasteiger partial charge in [-0.15, -0.1) is 0 Å². The normalized spacial score (nSPS) is 14.9. The van der Waals surface area contributed by atoms with Gasteiger partial charge in [0.2, 0.25) is 6.79 Å². The van der Waals surface area contributed by atoms with Gasteiger partial charge in [-0.3, -0.25) is 4.79 Å². The first-order valence-corrected chi connectivity index (χ1v) is 5.12. The number of benzene rings is 1. The molecule has 1 aliphatic rings. The molecule has 1 unspecified atom stereocenters. The van der Waals surface area contributed by atoms with Crippen molar-refractivity contribution < 1.29 is 19.0 Å². The van der Waals surface area contributed by atoms with Crippen LogP contribution in [0.1, 0.15) is 25.0 Å². The van der Waals surface area contributed by atoms with Gasteiger partial charge in [-0.2, -0.15) is 0 Å². The molecule has 0 radical (unpaired) electrons. The van der Waals surface area contributed by atoms with E-state index in [9.17, 15) is 4.79 Å². The van der Waals surface area contributed by atoms with Crippen LogP contribution in [0, 0.1) is 0 Å². The zero-order valence-electron chi connectivity index (χ0n) is 9.36. The number of hydrogen-bond acceptors (Lipinski definition) is 4. The minimum atomic E-state index is -0.216. The first-order chi connectivity index (χ1) is 7.70. The van der Waals surface area contributed by atoms with Crippen LogP contribution in [0.3, 0.4) is 0 Å². The molecule has 0 amide bonds. The summed E-state index contributed by atoms with van der Waals surface area (Å²) in [4.78, 5) is 11.1. The number of hydrogen-bond donors (Lipinski definition) is 0. The number of fused-ring (bicyclic) bond motifs is 1. The molecule has 0 spiro atoms. The topological polar surface area (TPSA) is 44.8 Å². The summed E-state index contributed by atoms with van der Waals surface area (Å²) in [6.07, 6.45) is 0.155. The number of ether oxygens (including phenoxy) is 3. The number of carbonyl (C=O) groups excluding carboxylic acids is 1. The summed E-state index contributed by atoms with van der Waals surface area (Å²) < 4.78 is 15.8. The van der Waals surface area contributed by atoms with E-state index in [4.69, 9.17) is 14.2 Å². The Morgan fingerprint density at radius 3 is 2.88 bits per heavy atom. The third-order valence-corrected chi connectivity index (χ3v) is 2.53. The van der Waals surface area contributed by atoms with Crippen LogP contribution in [0.5, 0.6) is 11.5 Å². The first-order valence-electron chi connectivity index (χ1n) is 5.12. The SMILES string of the molecule is COC(CC(C)=O)c1ccc2c(c1)OCO2. The van der Waals surface area contributed by atoms with Crippen molar-refractivity contribution in [3.8, 4) is 11.5 Å². The largest absolute Gasteiger partial charge is 0.454 e. The first kappa shape index (κ1) is 11.0. The second-order valence-electron chi connectivity index (χ2n) is 3.74. The molecule has 0 N–H and O–H groups in total. The lowest BCUT2D eigenvalue weighted by atomic mass is 10.0. The highest BCUT2D eigenvalue weighted by Crippen LogP contribution is 2.35. The van der Waals surface area contributed by atoms with Gasteiger partial charge in [-0.05, 0) is 24.6 Å². The van der Waals surface area contributed by atoms with Crippen LogP contribution in [-0.2, 0) is 9.53 Å². The molecule has 1 aromatic carbocycles. The maximum Gasteiger partial charge on any atom is 0.231 e. The molecule has 16 heavy (non-hydrogen) atoms. The predicted molar refractivity (Wildman–Crippen MR) is 57.6 cm³/mol. The number of carbonyl (C=O) groups is 1. The van der Waals surface area contributed by atoms with Crippen LogP contribution >= 0.6 is 0 Å².